The van der Waals surface area contributed by atoms with Crippen LogP contribution in [0.1, 0.15) is 72.8 Å². The summed E-state index contributed by atoms with van der Waals surface area (Å²) in [5, 5.41) is 28.4. The van der Waals surface area contributed by atoms with Gasteiger partial charge >= 0.3 is 0 Å². The third kappa shape index (κ3) is 18.7. The van der Waals surface area contributed by atoms with Crippen LogP contribution < -0.4 is 54.4 Å². The molecule has 1 aromatic carbocycles. The van der Waals surface area contributed by atoms with Crippen LogP contribution in [-0.2, 0) is 49.6 Å². The summed E-state index contributed by atoms with van der Waals surface area (Å²) in [6, 6.07) is -1.38. The number of fused-ring (bicyclic) bond motifs is 1. The van der Waals surface area contributed by atoms with E-state index in [-0.39, 0.29) is 44.0 Å². The monoisotopic (exact) mass is 939 g/mol. The molecule has 8 unspecified atom stereocenters. The Morgan fingerprint density at radius 1 is 0.719 bits per heavy atom. The number of hydrogen-bond acceptors (Lipinski definition) is 12. The number of carbonyl (C=O) groups excluding carboxylic acids is 9. The molecule has 358 valence electrons. The first-order valence-electron chi connectivity index (χ1n) is 20.7. The molecule has 0 bridgehead atoms. The summed E-state index contributed by atoms with van der Waals surface area (Å²) in [7, 11) is 0. The summed E-state index contributed by atoms with van der Waals surface area (Å²) >= 11 is 1.48. The zero-order valence-electron chi connectivity index (χ0n) is 37.3. The Hall–Kier alpha value is -5.45. The predicted octanol–water partition coefficient (Wildman–Crippen LogP) is -1.91. The molecule has 0 fully saturated rings. The smallest absolute Gasteiger partial charge is 0.243 e. The third-order valence-corrected chi connectivity index (χ3v) is 10.6. The van der Waals surface area contributed by atoms with Gasteiger partial charge in [-0.3, -0.25) is 43.2 Å². The Balaban J connectivity index is 0.0000205. The van der Waals surface area contributed by atoms with Gasteiger partial charge in [0.25, 0.3) is 0 Å². The molecule has 2 rings (SSSR count). The second-order valence-corrected chi connectivity index (χ2v) is 17.1. The van der Waals surface area contributed by atoms with Crippen molar-refractivity contribution in [1.29, 1.82) is 0 Å². The number of benzene rings is 1. The molecule has 2 aromatic rings. The molecule has 0 spiro atoms. The lowest BCUT2D eigenvalue weighted by atomic mass is 10.0. The van der Waals surface area contributed by atoms with Gasteiger partial charge in [0.05, 0.1) is 12.6 Å². The minimum atomic E-state index is -1.41. The number of carbonyl (C=O) groups is 9. The van der Waals surface area contributed by atoms with Crippen LogP contribution in [-0.4, -0.2) is 130 Å². The highest BCUT2D eigenvalue weighted by molar-refractivity contribution is 7.98. The average Bonchev–Trinajstić information content (AvgIpc) is 3.62. The molecule has 1 aromatic heterocycles. The Bertz CT molecular complexity index is 1930. The first kappa shape index (κ1) is 56.6. The standard InChI is InChI=1S/C41H65N11O10S.ClH/c1-20(2)16-29(39(60)49-27(35(44)56)14-15-63-7)48-32(55)19-46-41(62)34(21(3)4)52-36(57)22(5)47-38(59)30(17-24-18-45-26-11-9-8-10-25(24)26)51-37(58)28(12-13-31(42)54)50-40(61)33(43)23(6)53;/h8-11,18,20-23,27-30,33-34,45,53H,12-17,19,43H2,1-7H3,(H2,42,54)(H2,44,56)(H,46,62)(H,47,59)(H,48,55)(H,49,60)(H,50,61)(H,51,58)(H,52,57);1H. The van der Waals surface area contributed by atoms with Crippen molar-refractivity contribution >= 4 is 88.2 Å². The zero-order chi connectivity index (χ0) is 47.6. The minimum absolute atomic E-state index is 0. The number of thioether (sulfide) groups is 1. The van der Waals surface area contributed by atoms with Crippen molar-refractivity contribution in [2.45, 2.75) is 122 Å². The van der Waals surface area contributed by atoms with Crippen molar-refractivity contribution in [3.63, 3.8) is 0 Å². The summed E-state index contributed by atoms with van der Waals surface area (Å²) in [6.45, 7) is 9.07. The quantitative estimate of drug-likeness (QED) is 0.0467. The Labute approximate surface area is 383 Å². The van der Waals surface area contributed by atoms with E-state index in [1.165, 1.54) is 25.6 Å². The SMILES string of the molecule is CSCCC(NC(=O)C(CC(C)C)NC(=O)CNC(=O)C(NC(=O)C(C)NC(=O)C(Cc1c[nH]c2ccccc12)NC(=O)C(CCC(N)=O)NC(=O)C(N)C(C)O)C(C)C)C(N)=O.Cl. The van der Waals surface area contributed by atoms with Crippen LogP contribution in [0.2, 0.25) is 0 Å². The molecule has 0 radical (unpaired) electrons. The third-order valence-electron chi connectivity index (χ3n) is 9.92. The van der Waals surface area contributed by atoms with Crippen LogP contribution in [0.5, 0.6) is 0 Å². The number of nitrogens with two attached hydrogens (primary N) is 3. The number of H-pyrrole nitrogens is 1. The van der Waals surface area contributed by atoms with E-state index < -0.39 is 114 Å². The molecule has 23 heteroatoms. The lowest BCUT2D eigenvalue weighted by Crippen LogP contribution is -2.60. The van der Waals surface area contributed by atoms with Gasteiger partial charge in [-0.2, -0.15) is 11.8 Å². The van der Waals surface area contributed by atoms with Gasteiger partial charge in [-0.25, -0.2) is 0 Å². The number of aromatic nitrogens is 1. The lowest BCUT2D eigenvalue weighted by molar-refractivity contribution is -0.135. The average molecular weight is 941 g/mol. The van der Waals surface area contributed by atoms with Gasteiger partial charge in [0.15, 0.2) is 0 Å². The van der Waals surface area contributed by atoms with Crippen molar-refractivity contribution < 1.29 is 48.3 Å². The van der Waals surface area contributed by atoms with Crippen molar-refractivity contribution in [3.8, 4) is 0 Å². The number of rotatable bonds is 27. The van der Waals surface area contributed by atoms with Gasteiger partial charge in [0, 0.05) is 29.9 Å². The second kappa shape index (κ2) is 27.7. The van der Waals surface area contributed by atoms with Gasteiger partial charge in [0.2, 0.25) is 53.2 Å². The topological polar surface area (TPSA) is 352 Å². The number of primary amides is 2. The van der Waals surface area contributed by atoms with Crippen molar-refractivity contribution in [1.82, 2.24) is 42.2 Å². The summed E-state index contributed by atoms with van der Waals surface area (Å²) in [5.74, 6) is -6.85. The van der Waals surface area contributed by atoms with Crippen LogP contribution in [0, 0.1) is 11.8 Å². The first-order valence-corrected chi connectivity index (χ1v) is 22.1. The van der Waals surface area contributed by atoms with Gasteiger partial charge in [-0.15, -0.1) is 12.4 Å². The van der Waals surface area contributed by atoms with Gasteiger partial charge in [0.1, 0.15) is 42.3 Å². The van der Waals surface area contributed by atoms with E-state index in [0.717, 1.165) is 10.9 Å². The van der Waals surface area contributed by atoms with Crippen LogP contribution in [0.15, 0.2) is 30.5 Å². The molecule has 0 aliphatic heterocycles. The maximum atomic E-state index is 13.9. The van der Waals surface area contributed by atoms with Crippen LogP contribution >= 0.6 is 24.2 Å². The van der Waals surface area contributed by atoms with Gasteiger partial charge in [-0.1, -0.05) is 45.9 Å². The molecular formula is C41H66ClN11O10S. The van der Waals surface area contributed by atoms with Crippen molar-refractivity contribution in [2.75, 3.05) is 18.6 Å². The fourth-order valence-corrected chi connectivity index (χ4v) is 6.73. The first-order chi connectivity index (χ1) is 29.5. The second-order valence-electron chi connectivity index (χ2n) is 16.1. The molecule has 64 heavy (non-hydrogen) atoms. The number of aliphatic hydroxyl groups excluding tert-OH is 1. The summed E-state index contributed by atoms with van der Waals surface area (Å²) in [5.41, 5.74) is 17.9. The Kier molecular flexibility index (Phi) is 24.5. The maximum absolute atomic E-state index is 13.9. The number of aliphatic hydroxyl groups is 1. The molecule has 8 atom stereocenters. The van der Waals surface area contributed by atoms with E-state index in [9.17, 15) is 48.3 Å². The Morgan fingerprint density at radius 3 is 1.89 bits per heavy atom. The normalized spacial score (nSPS) is 14.9. The van der Waals surface area contributed by atoms with Gasteiger partial charge in [-0.05, 0) is 68.6 Å². The van der Waals surface area contributed by atoms with Gasteiger partial charge < -0.3 is 64.5 Å². The number of aromatic amines is 1. The molecule has 0 saturated heterocycles. The van der Waals surface area contributed by atoms with Crippen LogP contribution in [0.25, 0.3) is 10.9 Å². The summed E-state index contributed by atoms with van der Waals surface area (Å²) in [4.78, 5) is 120. The molecule has 0 aliphatic rings. The number of amides is 9. The summed E-state index contributed by atoms with van der Waals surface area (Å²) < 4.78 is 0. The number of para-hydroxylation sites is 1. The largest absolute Gasteiger partial charge is 0.391 e. The fraction of sp³-hybridized carbons (Fsp3) is 0.585. The van der Waals surface area contributed by atoms with E-state index in [1.54, 1.807) is 38.2 Å². The molecule has 0 saturated carbocycles. The highest BCUT2D eigenvalue weighted by Gasteiger charge is 2.33. The number of nitrogens with one attached hydrogen (secondary N) is 8. The van der Waals surface area contributed by atoms with E-state index >= 15 is 0 Å². The lowest BCUT2D eigenvalue weighted by Gasteiger charge is -2.27. The number of halogens is 1. The highest BCUT2D eigenvalue weighted by atomic mass is 35.5. The molecule has 1 heterocycles. The number of hydrogen-bond donors (Lipinski definition) is 12. The van der Waals surface area contributed by atoms with Crippen molar-refractivity contribution in [2.24, 2.45) is 29.0 Å². The molecule has 21 nitrogen and oxygen atoms in total. The highest BCUT2D eigenvalue weighted by Crippen LogP contribution is 2.19. The molecule has 0 aliphatic carbocycles. The van der Waals surface area contributed by atoms with Crippen LogP contribution in [0.4, 0.5) is 0 Å². The Morgan fingerprint density at radius 2 is 1.31 bits per heavy atom. The van der Waals surface area contributed by atoms with Crippen molar-refractivity contribution in [3.05, 3.63) is 36.0 Å². The fourth-order valence-electron chi connectivity index (χ4n) is 6.26. The summed E-state index contributed by atoms with van der Waals surface area (Å²) in [6.07, 6.45) is 2.08. The molecule has 9 amide bonds. The van der Waals surface area contributed by atoms with E-state index in [2.05, 4.69) is 42.2 Å². The van der Waals surface area contributed by atoms with E-state index in [4.69, 9.17) is 17.2 Å². The molecule has 15 N–H and O–H groups in total. The predicted molar refractivity (Wildman–Crippen MR) is 244 cm³/mol. The van der Waals surface area contributed by atoms with E-state index in [0.29, 0.717) is 17.7 Å². The maximum Gasteiger partial charge on any atom is 0.243 e. The molecular weight excluding hydrogens is 874 g/mol. The zero-order valence-corrected chi connectivity index (χ0v) is 38.9. The van der Waals surface area contributed by atoms with Crippen LogP contribution in [0.3, 0.4) is 0 Å². The minimum Gasteiger partial charge on any atom is -0.391 e. The van der Waals surface area contributed by atoms with E-state index in [1.807, 2.05) is 26.2 Å².